The van der Waals surface area contributed by atoms with E-state index in [4.69, 9.17) is 4.42 Å². The number of guanidine groups is 1. The molecule has 2 N–H and O–H groups in total. The van der Waals surface area contributed by atoms with Crippen molar-refractivity contribution in [3.63, 3.8) is 0 Å². The van der Waals surface area contributed by atoms with Crippen LogP contribution in [0, 0.1) is 11.6 Å². The largest absolute Gasteiger partial charge is 0.469 e. The quantitative estimate of drug-likeness (QED) is 0.363. The topological polar surface area (TPSA) is 49.6 Å². The Labute approximate surface area is 164 Å². The van der Waals surface area contributed by atoms with Crippen LogP contribution in [0.1, 0.15) is 37.6 Å². The van der Waals surface area contributed by atoms with Gasteiger partial charge in [0.05, 0.1) is 12.3 Å². The molecular weight excluding hydrogens is 439 g/mol. The van der Waals surface area contributed by atoms with Gasteiger partial charge in [-0.2, -0.15) is 0 Å². The third-order valence-electron chi connectivity index (χ3n) is 3.52. The van der Waals surface area contributed by atoms with E-state index < -0.39 is 11.6 Å². The second-order valence-electron chi connectivity index (χ2n) is 5.52. The molecule has 1 unspecified atom stereocenters. The number of nitrogens with zero attached hydrogens (tertiary/aromatic N) is 1. The summed E-state index contributed by atoms with van der Waals surface area (Å²) in [5.41, 5.74) is 0.397. The fourth-order valence-electron chi connectivity index (χ4n) is 2.27. The predicted octanol–water partition coefficient (Wildman–Crippen LogP) is 4.42. The van der Waals surface area contributed by atoms with E-state index in [2.05, 4.69) is 15.6 Å². The monoisotopic (exact) mass is 463 g/mol. The van der Waals surface area contributed by atoms with Crippen LogP contribution in [0.5, 0.6) is 0 Å². The number of rotatable bonds is 7. The fourth-order valence-corrected chi connectivity index (χ4v) is 2.27. The van der Waals surface area contributed by atoms with Crippen LogP contribution < -0.4 is 10.6 Å². The Bertz CT molecular complexity index is 662. The SMILES string of the molecule is CCCN=C(NCCc1ccco1)NC(C)c1ccc(F)cc1F.I. The molecular formula is C18H24F2IN3O. The highest BCUT2D eigenvalue weighted by Gasteiger charge is 2.13. The highest BCUT2D eigenvalue weighted by molar-refractivity contribution is 14.0. The van der Waals surface area contributed by atoms with E-state index in [1.807, 2.05) is 26.0 Å². The van der Waals surface area contributed by atoms with Crippen molar-refractivity contribution in [3.8, 4) is 0 Å². The molecule has 2 rings (SSSR count). The average Bonchev–Trinajstić information content (AvgIpc) is 3.05. The molecule has 0 saturated carbocycles. The number of benzene rings is 1. The van der Waals surface area contributed by atoms with Gasteiger partial charge >= 0.3 is 0 Å². The molecule has 0 aliphatic carbocycles. The highest BCUT2D eigenvalue weighted by Crippen LogP contribution is 2.17. The Morgan fingerprint density at radius 1 is 1.28 bits per heavy atom. The lowest BCUT2D eigenvalue weighted by atomic mass is 10.1. The van der Waals surface area contributed by atoms with Gasteiger partial charge < -0.3 is 15.1 Å². The van der Waals surface area contributed by atoms with E-state index in [1.54, 1.807) is 6.26 Å². The summed E-state index contributed by atoms with van der Waals surface area (Å²) in [6, 6.07) is 7.01. The smallest absolute Gasteiger partial charge is 0.191 e. The molecule has 0 bridgehead atoms. The summed E-state index contributed by atoms with van der Waals surface area (Å²) in [5, 5.41) is 6.36. The van der Waals surface area contributed by atoms with Crippen LogP contribution in [0.3, 0.4) is 0 Å². The maximum absolute atomic E-state index is 13.9. The minimum absolute atomic E-state index is 0. The normalized spacial score (nSPS) is 12.4. The summed E-state index contributed by atoms with van der Waals surface area (Å²) < 4.78 is 32.2. The van der Waals surface area contributed by atoms with Crippen molar-refractivity contribution in [3.05, 3.63) is 59.6 Å². The van der Waals surface area contributed by atoms with E-state index in [9.17, 15) is 8.78 Å². The molecule has 0 radical (unpaired) electrons. The molecule has 0 fully saturated rings. The Morgan fingerprint density at radius 2 is 2.08 bits per heavy atom. The molecule has 7 heteroatoms. The number of hydrogen-bond acceptors (Lipinski definition) is 2. The first-order valence-corrected chi connectivity index (χ1v) is 8.12. The molecule has 25 heavy (non-hydrogen) atoms. The third-order valence-corrected chi connectivity index (χ3v) is 3.52. The zero-order chi connectivity index (χ0) is 17.4. The van der Waals surface area contributed by atoms with Crippen LogP contribution in [-0.4, -0.2) is 19.0 Å². The molecule has 4 nitrogen and oxygen atoms in total. The Morgan fingerprint density at radius 3 is 2.72 bits per heavy atom. The van der Waals surface area contributed by atoms with E-state index in [0.29, 0.717) is 24.6 Å². The van der Waals surface area contributed by atoms with Gasteiger partial charge in [-0.15, -0.1) is 24.0 Å². The Balaban J connectivity index is 0.00000312. The minimum Gasteiger partial charge on any atom is -0.469 e. The summed E-state index contributed by atoms with van der Waals surface area (Å²) in [5.74, 6) is 0.329. The van der Waals surface area contributed by atoms with Gasteiger partial charge in [-0.05, 0) is 31.5 Å². The van der Waals surface area contributed by atoms with Gasteiger partial charge in [0.15, 0.2) is 5.96 Å². The maximum atomic E-state index is 13.9. The second kappa shape index (κ2) is 11.1. The molecule has 138 valence electrons. The first-order chi connectivity index (χ1) is 11.6. The molecule has 0 saturated heterocycles. The van der Waals surface area contributed by atoms with Crippen molar-refractivity contribution in [2.24, 2.45) is 4.99 Å². The lowest BCUT2D eigenvalue weighted by Gasteiger charge is -2.19. The van der Waals surface area contributed by atoms with Gasteiger partial charge in [0.2, 0.25) is 0 Å². The molecule has 1 aromatic carbocycles. The van der Waals surface area contributed by atoms with Gasteiger partial charge in [0.1, 0.15) is 17.4 Å². The van der Waals surface area contributed by atoms with Crippen LogP contribution in [0.15, 0.2) is 46.0 Å². The lowest BCUT2D eigenvalue weighted by molar-refractivity contribution is 0.506. The molecule has 1 aromatic heterocycles. The van der Waals surface area contributed by atoms with Gasteiger partial charge in [0.25, 0.3) is 0 Å². The molecule has 2 aromatic rings. The number of hydrogen-bond donors (Lipinski definition) is 2. The summed E-state index contributed by atoms with van der Waals surface area (Å²) in [7, 11) is 0. The van der Waals surface area contributed by atoms with Crippen molar-refractivity contribution in [1.29, 1.82) is 0 Å². The number of nitrogens with one attached hydrogen (secondary N) is 2. The van der Waals surface area contributed by atoms with E-state index in [0.717, 1.165) is 24.7 Å². The highest BCUT2D eigenvalue weighted by atomic mass is 127. The average molecular weight is 463 g/mol. The number of halogens is 3. The van der Waals surface area contributed by atoms with Crippen LogP contribution in [0.25, 0.3) is 0 Å². The van der Waals surface area contributed by atoms with Gasteiger partial charge in [-0.3, -0.25) is 4.99 Å². The fraction of sp³-hybridized carbons (Fsp3) is 0.389. The molecule has 1 heterocycles. The second-order valence-corrected chi connectivity index (χ2v) is 5.52. The van der Waals surface area contributed by atoms with Crippen LogP contribution >= 0.6 is 24.0 Å². The van der Waals surface area contributed by atoms with Crippen molar-refractivity contribution in [2.75, 3.05) is 13.1 Å². The van der Waals surface area contributed by atoms with Crippen LogP contribution in [0.2, 0.25) is 0 Å². The third kappa shape index (κ3) is 7.01. The summed E-state index contributed by atoms with van der Waals surface area (Å²) in [6.07, 6.45) is 3.27. The Kier molecular flexibility index (Phi) is 9.48. The van der Waals surface area contributed by atoms with Gasteiger partial charge in [-0.25, -0.2) is 8.78 Å². The van der Waals surface area contributed by atoms with E-state index in [1.165, 1.54) is 12.1 Å². The molecule has 1 atom stereocenters. The van der Waals surface area contributed by atoms with Crippen molar-refractivity contribution < 1.29 is 13.2 Å². The lowest BCUT2D eigenvalue weighted by Crippen LogP contribution is -2.40. The maximum Gasteiger partial charge on any atom is 0.191 e. The van der Waals surface area contributed by atoms with Crippen molar-refractivity contribution >= 4 is 29.9 Å². The molecule has 0 aliphatic heterocycles. The first-order valence-electron chi connectivity index (χ1n) is 8.12. The summed E-state index contributed by atoms with van der Waals surface area (Å²) in [4.78, 5) is 4.44. The van der Waals surface area contributed by atoms with Crippen LogP contribution in [-0.2, 0) is 6.42 Å². The van der Waals surface area contributed by atoms with Gasteiger partial charge in [-0.1, -0.05) is 13.0 Å². The van der Waals surface area contributed by atoms with E-state index >= 15 is 0 Å². The predicted molar refractivity (Wildman–Crippen MR) is 106 cm³/mol. The zero-order valence-electron chi connectivity index (χ0n) is 14.4. The minimum atomic E-state index is -0.583. The summed E-state index contributed by atoms with van der Waals surface area (Å²) >= 11 is 0. The molecule has 0 spiro atoms. The van der Waals surface area contributed by atoms with Gasteiger partial charge in [0, 0.05) is 31.1 Å². The number of furan rings is 1. The molecule has 0 amide bonds. The standard InChI is InChI=1S/C18H23F2N3O.HI/c1-3-9-21-18(22-10-8-15-5-4-11-24-15)23-13(2)16-7-6-14(19)12-17(16)20;/h4-7,11-13H,3,8-10H2,1-2H3,(H2,21,22,23);1H. The Hall–Kier alpha value is -1.64. The van der Waals surface area contributed by atoms with Crippen molar-refractivity contribution in [1.82, 2.24) is 10.6 Å². The van der Waals surface area contributed by atoms with Crippen molar-refractivity contribution in [2.45, 2.75) is 32.7 Å². The zero-order valence-corrected chi connectivity index (χ0v) is 16.7. The first kappa shape index (κ1) is 21.4. The summed E-state index contributed by atoms with van der Waals surface area (Å²) in [6.45, 7) is 5.15. The number of aliphatic imine (C=N–C) groups is 1. The van der Waals surface area contributed by atoms with Crippen LogP contribution in [0.4, 0.5) is 8.78 Å². The van der Waals surface area contributed by atoms with E-state index in [-0.39, 0.29) is 30.0 Å². The molecule has 0 aliphatic rings.